The number of hydrogen-bond acceptors (Lipinski definition) is 1. The van der Waals surface area contributed by atoms with E-state index in [-0.39, 0.29) is 0 Å². The predicted molar refractivity (Wildman–Crippen MR) is 49.9 cm³/mol. The topological polar surface area (TPSA) is 57.5 Å². The van der Waals surface area contributed by atoms with Gasteiger partial charge in [-0.2, -0.15) is 0 Å². The Balaban J connectivity index is 4.27. The largest absolute Gasteiger partial charge is 0.349 e. The van der Waals surface area contributed by atoms with E-state index in [0.29, 0.717) is 0 Å². The summed E-state index contributed by atoms with van der Waals surface area (Å²) in [7, 11) is -3.94. The highest BCUT2D eigenvalue weighted by Gasteiger charge is 2.09. The molecule has 0 saturated heterocycles. The second-order valence-electron chi connectivity index (χ2n) is 2.88. The zero-order valence-electron chi connectivity index (χ0n) is 7.66. The monoisotopic (exact) mass is 192 g/mol. The van der Waals surface area contributed by atoms with Crippen molar-refractivity contribution >= 4 is 7.60 Å². The minimum Gasteiger partial charge on any atom is -0.321 e. The summed E-state index contributed by atoms with van der Waals surface area (Å²) in [5.74, 6) is 1.11. The zero-order chi connectivity index (χ0) is 9.61. The van der Waals surface area contributed by atoms with Gasteiger partial charge in [-0.15, -0.1) is 0 Å². The van der Waals surface area contributed by atoms with Crippen LogP contribution in [0.4, 0.5) is 0 Å². The van der Waals surface area contributed by atoms with Crippen LogP contribution in [0, 0.1) is 0 Å². The lowest BCUT2D eigenvalue weighted by molar-refractivity contribution is 0.385. The van der Waals surface area contributed by atoms with Crippen molar-refractivity contribution in [2.75, 3.05) is 0 Å². The van der Waals surface area contributed by atoms with Crippen molar-refractivity contribution in [1.82, 2.24) is 0 Å². The van der Waals surface area contributed by atoms with Gasteiger partial charge in [-0.25, -0.2) is 0 Å². The lowest BCUT2D eigenvalue weighted by Gasteiger charge is -2.04. The van der Waals surface area contributed by atoms with Gasteiger partial charge >= 0.3 is 7.60 Å². The molecule has 72 valence electrons. The molecule has 0 aromatic heterocycles. The summed E-state index contributed by atoms with van der Waals surface area (Å²) in [6.07, 6.45) is 3.45. The SMILES string of the molecule is CCCC(=CP(=O)(O)O)CCC. The van der Waals surface area contributed by atoms with Crippen LogP contribution in [-0.4, -0.2) is 9.79 Å². The predicted octanol–water partition coefficient (Wildman–Crippen LogP) is 2.65. The van der Waals surface area contributed by atoms with Gasteiger partial charge in [-0.05, 0) is 12.8 Å². The van der Waals surface area contributed by atoms with Crippen molar-refractivity contribution in [3.8, 4) is 0 Å². The maximum Gasteiger partial charge on any atom is 0.349 e. The maximum atomic E-state index is 10.6. The summed E-state index contributed by atoms with van der Waals surface area (Å²) >= 11 is 0. The fourth-order valence-electron chi connectivity index (χ4n) is 1.13. The third-order valence-electron chi connectivity index (χ3n) is 1.49. The minimum atomic E-state index is -3.94. The zero-order valence-corrected chi connectivity index (χ0v) is 8.55. The summed E-state index contributed by atoms with van der Waals surface area (Å²) in [6, 6.07) is 0. The molecule has 0 aliphatic rings. The van der Waals surface area contributed by atoms with Gasteiger partial charge in [0, 0.05) is 5.82 Å². The van der Waals surface area contributed by atoms with E-state index in [0.717, 1.165) is 37.1 Å². The molecule has 0 aromatic rings. The van der Waals surface area contributed by atoms with E-state index in [4.69, 9.17) is 9.79 Å². The first-order valence-electron chi connectivity index (χ1n) is 4.25. The van der Waals surface area contributed by atoms with E-state index in [2.05, 4.69) is 0 Å². The second-order valence-corrected chi connectivity index (χ2v) is 4.31. The molecule has 0 rings (SSSR count). The third kappa shape index (κ3) is 6.59. The normalized spacial score (nSPS) is 11.3. The lowest BCUT2D eigenvalue weighted by Crippen LogP contribution is -1.84. The van der Waals surface area contributed by atoms with Crippen molar-refractivity contribution in [1.29, 1.82) is 0 Å². The Hall–Kier alpha value is -0.110. The molecule has 12 heavy (non-hydrogen) atoms. The number of hydrogen-bond donors (Lipinski definition) is 2. The molecule has 0 saturated carbocycles. The second kappa shape index (κ2) is 5.52. The number of rotatable bonds is 5. The molecule has 3 nitrogen and oxygen atoms in total. The Labute approximate surface area is 73.7 Å². The van der Waals surface area contributed by atoms with E-state index in [1.165, 1.54) is 0 Å². The Kier molecular flexibility index (Phi) is 5.47. The van der Waals surface area contributed by atoms with Crippen LogP contribution >= 0.6 is 7.60 Å². The first-order chi connectivity index (χ1) is 5.49. The van der Waals surface area contributed by atoms with Gasteiger partial charge in [0.25, 0.3) is 0 Å². The first kappa shape index (κ1) is 11.9. The molecule has 0 aliphatic heterocycles. The van der Waals surface area contributed by atoms with Crippen molar-refractivity contribution in [3.05, 3.63) is 11.4 Å². The molecule has 0 atom stereocenters. The molecule has 0 aromatic carbocycles. The van der Waals surface area contributed by atoms with Gasteiger partial charge in [0.2, 0.25) is 0 Å². The number of allylic oxidation sites excluding steroid dienone is 1. The van der Waals surface area contributed by atoms with Gasteiger partial charge in [-0.3, -0.25) is 4.57 Å². The van der Waals surface area contributed by atoms with Crippen molar-refractivity contribution < 1.29 is 14.4 Å². The van der Waals surface area contributed by atoms with Crippen LogP contribution in [0.2, 0.25) is 0 Å². The first-order valence-corrected chi connectivity index (χ1v) is 5.93. The highest BCUT2D eigenvalue weighted by Crippen LogP contribution is 2.39. The molecule has 0 heterocycles. The molecule has 0 unspecified atom stereocenters. The molecule has 0 fully saturated rings. The smallest absolute Gasteiger partial charge is 0.321 e. The molecule has 0 spiro atoms. The van der Waals surface area contributed by atoms with Gasteiger partial charge in [0.05, 0.1) is 0 Å². The molecule has 2 N–H and O–H groups in total. The van der Waals surface area contributed by atoms with Crippen LogP contribution in [0.25, 0.3) is 0 Å². The Morgan fingerprint density at radius 1 is 1.25 bits per heavy atom. The fraction of sp³-hybridized carbons (Fsp3) is 0.750. The van der Waals surface area contributed by atoms with Crippen LogP contribution < -0.4 is 0 Å². The molecule has 0 bridgehead atoms. The van der Waals surface area contributed by atoms with Crippen molar-refractivity contribution in [3.63, 3.8) is 0 Å². The van der Waals surface area contributed by atoms with E-state index < -0.39 is 7.60 Å². The highest BCUT2D eigenvalue weighted by atomic mass is 31.2. The molecular weight excluding hydrogens is 175 g/mol. The molecule has 0 amide bonds. The molecule has 0 radical (unpaired) electrons. The van der Waals surface area contributed by atoms with Crippen LogP contribution in [0.15, 0.2) is 11.4 Å². The van der Waals surface area contributed by atoms with E-state index in [1.54, 1.807) is 0 Å². The maximum absolute atomic E-state index is 10.6. The minimum absolute atomic E-state index is 0.791. The van der Waals surface area contributed by atoms with Crippen LogP contribution in [0.3, 0.4) is 0 Å². The van der Waals surface area contributed by atoms with Gasteiger partial charge in [-0.1, -0.05) is 32.3 Å². The molecule has 0 aliphatic carbocycles. The average Bonchev–Trinajstić information content (AvgIpc) is 1.84. The summed E-state index contributed by atoms with van der Waals surface area (Å²) in [5, 5.41) is 0. The molecular formula is C8H17O3P. The Morgan fingerprint density at radius 2 is 1.67 bits per heavy atom. The van der Waals surface area contributed by atoms with Gasteiger partial charge in [0.1, 0.15) is 0 Å². The quantitative estimate of drug-likeness (QED) is 0.658. The van der Waals surface area contributed by atoms with Crippen LogP contribution in [0.5, 0.6) is 0 Å². The third-order valence-corrected chi connectivity index (χ3v) is 2.19. The standard InChI is InChI=1S/C8H17O3P/c1-3-5-8(6-4-2)7-12(9,10)11/h7H,3-6H2,1-2H3,(H2,9,10,11). The molecule has 4 heteroatoms. The Bertz CT molecular complexity index is 184. The van der Waals surface area contributed by atoms with Crippen molar-refractivity contribution in [2.45, 2.75) is 39.5 Å². The summed E-state index contributed by atoms with van der Waals surface area (Å²) in [4.78, 5) is 17.4. The summed E-state index contributed by atoms with van der Waals surface area (Å²) in [5.41, 5.74) is 0.883. The summed E-state index contributed by atoms with van der Waals surface area (Å²) < 4.78 is 10.6. The van der Waals surface area contributed by atoms with Crippen LogP contribution in [0.1, 0.15) is 39.5 Å². The van der Waals surface area contributed by atoms with Crippen molar-refractivity contribution in [2.24, 2.45) is 0 Å². The van der Waals surface area contributed by atoms with Gasteiger partial charge in [0.15, 0.2) is 0 Å². The van der Waals surface area contributed by atoms with E-state index in [9.17, 15) is 4.57 Å². The highest BCUT2D eigenvalue weighted by molar-refractivity contribution is 7.55. The summed E-state index contributed by atoms with van der Waals surface area (Å²) in [6.45, 7) is 4.01. The van der Waals surface area contributed by atoms with E-state index in [1.807, 2.05) is 13.8 Å². The average molecular weight is 192 g/mol. The van der Waals surface area contributed by atoms with Crippen LogP contribution in [-0.2, 0) is 4.57 Å². The fourth-order valence-corrected chi connectivity index (χ4v) is 1.87. The lowest BCUT2D eigenvalue weighted by atomic mass is 10.1. The van der Waals surface area contributed by atoms with Gasteiger partial charge < -0.3 is 9.79 Å². The van der Waals surface area contributed by atoms with E-state index >= 15 is 0 Å². The Morgan fingerprint density at radius 3 is 1.92 bits per heavy atom.